The summed E-state index contributed by atoms with van der Waals surface area (Å²) in [5.74, 6) is 1.26. The second kappa shape index (κ2) is 7.19. The van der Waals surface area contributed by atoms with Gasteiger partial charge in [-0.25, -0.2) is 0 Å². The third kappa shape index (κ3) is 3.53. The summed E-state index contributed by atoms with van der Waals surface area (Å²) in [5.41, 5.74) is 2.10. The Bertz CT molecular complexity index is 955. The van der Waals surface area contributed by atoms with Crippen molar-refractivity contribution in [1.82, 2.24) is 10.1 Å². The van der Waals surface area contributed by atoms with E-state index in [1.165, 1.54) is 6.07 Å². The zero-order valence-corrected chi connectivity index (χ0v) is 15.0. The molecule has 1 fully saturated rings. The lowest BCUT2D eigenvalue weighted by molar-refractivity contribution is -0.384. The first-order valence-electron chi connectivity index (χ1n) is 9.04. The zero-order chi connectivity index (χ0) is 18.8. The van der Waals surface area contributed by atoms with Crippen LogP contribution in [-0.4, -0.2) is 28.2 Å². The molecule has 1 aliphatic rings. The van der Waals surface area contributed by atoms with Gasteiger partial charge in [-0.1, -0.05) is 42.4 Å². The average Bonchev–Trinajstić information content (AvgIpc) is 3.18. The predicted molar refractivity (Wildman–Crippen MR) is 102 cm³/mol. The first-order chi connectivity index (χ1) is 13.1. The first-order valence-corrected chi connectivity index (χ1v) is 9.04. The van der Waals surface area contributed by atoms with Gasteiger partial charge in [-0.2, -0.15) is 4.98 Å². The van der Waals surface area contributed by atoms with Gasteiger partial charge in [0.15, 0.2) is 0 Å². The SMILES string of the molecule is C[C@@H]1CCCN(c2ccc(-c3nc(-c4ccccc4)no3)cc2[N+](=O)[O-])C1. The molecular weight excluding hydrogens is 344 g/mol. The van der Waals surface area contributed by atoms with Crippen molar-refractivity contribution in [3.05, 3.63) is 58.6 Å². The van der Waals surface area contributed by atoms with Crippen LogP contribution >= 0.6 is 0 Å². The summed E-state index contributed by atoms with van der Waals surface area (Å²) < 4.78 is 5.34. The van der Waals surface area contributed by atoms with Crippen molar-refractivity contribution < 1.29 is 9.45 Å². The highest BCUT2D eigenvalue weighted by Crippen LogP contribution is 2.35. The Morgan fingerprint density at radius 3 is 2.74 bits per heavy atom. The van der Waals surface area contributed by atoms with Crippen molar-refractivity contribution >= 4 is 11.4 Å². The minimum absolute atomic E-state index is 0.0704. The number of hydrogen-bond donors (Lipinski definition) is 0. The van der Waals surface area contributed by atoms with Crippen molar-refractivity contribution in [1.29, 1.82) is 0 Å². The fourth-order valence-electron chi connectivity index (χ4n) is 3.52. The van der Waals surface area contributed by atoms with Gasteiger partial charge >= 0.3 is 0 Å². The van der Waals surface area contributed by atoms with Crippen LogP contribution in [0.4, 0.5) is 11.4 Å². The van der Waals surface area contributed by atoms with E-state index in [-0.39, 0.29) is 16.5 Å². The Kier molecular flexibility index (Phi) is 4.58. The quantitative estimate of drug-likeness (QED) is 0.499. The van der Waals surface area contributed by atoms with Gasteiger partial charge in [-0.3, -0.25) is 10.1 Å². The van der Waals surface area contributed by atoms with E-state index in [0.717, 1.165) is 31.5 Å². The zero-order valence-electron chi connectivity index (χ0n) is 15.0. The molecule has 0 bridgehead atoms. The number of nitro benzene ring substituents is 1. The summed E-state index contributed by atoms with van der Waals surface area (Å²) in [6, 6.07) is 14.6. The number of nitrogens with zero attached hydrogens (tertiary/aromatic N) is 4. The largest absolute Gasteiger partial charge is 0.366 e. The van der Waals surface area contributed by atoms with Crippen molar-refractivity contribution in [2.75, 3.05) is 18.0 Å². The van der Waals surface area contributed by atoms with Crippen molar-refractivity contribution in [3.8, 4) is 22.8 Å². The highest BCUT2D eigenvalue weighted by atomic mass is 16.6. The molecule has 1 aliphatic heterocycles. The Morgan fingerprint density at radius 2 is 2.00 bits per heavy atom. The van der Waals surface area contributed by atoms with Crippen molar-refractivity contribution in [2.45, 2.75) is 19.8 Å². The van der Waals surface area contributed by atoms with E-state index in [9.17, 15) is 10.1 Å². The molecule has 0 unspecified atom stereocenters. The maximum Gasteiger partial charge on any atom is 0.293 e. The summed E-state index contributed by atoms with van der Waals surface area (Å²) >= 11 is 0. The number of aromatic nitrogens is 2. The second-order valence-corrected chi connectivity index (χ2v) is 6.94. The third-order valence-electron chi connectivity index (χ3n) is 4.87. The molecule has 2 aromatic carbocycles. The fourth-order valence-corrected chi connectivity index (χ4v) is 3.52. The Balaban J connectivity index is 1.67. The normalized spacial score (nSPS) is 17.1. The number of benzene rings is 2. The van der Waals surface area contributed by atoms with E-state index in [1.807, 2.05) is 36.4 Å². The van der Waals surface area contributed by atoms with Gasteiger partial charge in [0.25, 0.3) is 11.6 Å². The molecule has 27 heavy (non-hydrogen) atoms. The number of piperidine rings is 1. The van der Waals surface area contributed by atoms with E-state index in [1.54, 1.807) is 6.07 Å². The van der Waals surface area contributed by atoms with Gasteiger partial charge in [-0.15, -0.1) is 0 Å². The molecule has 138 valence electrons. The van der Waals surface area contributed by atoms with Crippen LogP contribution in [0.2, 0.25) is 0 Å². The molecule has 0 saturated carbocycles. The molecule has 0 aliphatic carbocycles. The summed E-state index contributed by atoms with van der Waals surface area (Å²) in [5, 5.41) is 15.7. The van der Waals surface area contributed by atoms with E-state index in [4.69, 9.17) is 4.52 Å². The van der Waals surface area contributed by atoms with Gasteiger partial charge < -0.3 is 9.42 Å². The Labute approximate surface area is 156 Å². The molecule has 0 N–H and O–H groups in total. The minimum atomic E-state index is -0.341. The van der Waals surface area contributed by atoms with Crippen LogP contribution in [0.5, 0.6) is 0 Å². The topological polar surface area (TPSA) is 85.3 Å². The smallest absolute Gasteiger partial charge is 0.293 e. The molecular formula is C20H20N4O3. The lowest BCUT2D eigenvalue weighted by atomic mass is 9.99. The van der Waals surface area contributed by atoms with E-state index in [2.05, 4.69) is 22.0 Å². The van der Waals surface area contributed by atoms with E-state index in [0.29, 0.717) is 23.0 Å². The highest BCUT2D eigenvalue weighted by molar-refractivity contribution is 5.71. The van der Waals surface area contributed by atoms with E-state index >= 15 is 0 Å². The summed E-state index contributed by atoms with van der Waals surface area (Å²) in [6.07, 6.45) is 2.21. The molecule has 7 heteroatoms. The van der Waals surface area contributed by atoms with Crippen LogP contribution in [0.3, 0.4) is 0 Å². The Morgan fingerprint density at radius 1 is 1.19 bits per heavy atom. The number of rotatable bonds is 4. The Hall–Kier alpha value is -3.22. The van der Waals surface area contributed by atoms with Gasteiger partial charge in [-0.05, 0) is 30.9 Å². The molecule has 0 spiro atoms. The maximum absolute atomic E-state index is 11.7. The molecule has 0 radical (unpaired) electrons. The predicted octanol–water partition coefficient (Wildman–Crippen LogP) is 4.55. The molecule has 3 aromatic rings. The minimum Gasteiger partial charge on any atom is -0.366 e. The highest BCUT2D eigenvalue weighted by Gasteiger charge is 2.25. The molecule has 7 nitrogen and oxygen atoms in total. The molecule has 1 saturated heterocycles. The van der Waals surface area contributed by atoms with Gasteiger partial charge in [0.1, 0.15) is 5.69 Å². The summed E-state index contributed by atoms with van der Waals surface area (Å²) in [6.45, 7) is 3.85. The van der Waals surface area contributed by atoms with Gasteiger partial charge in [0.05, 0.1) is 4.92 Å². The summed E-state index contributed by atoms with van der Waals surface area (Å²) in [7, 11) is 0. The fraction of sp³-hybridized carbons (Fsp3) is 0.300. The number of hydrogen-bond acceptors (Lipinski definition) is 6. The number of anilines is 1. The average molecular weight is 364 g/mol. The molecule has 1 atom stereocenters. The van der Waals surface area contributed by atoms with Crippen molar-refractivity contribution in [2.24, 2.45) is 5.92 Å². The van der Waals surface area contributed by atoms with E-state index < -0.39 is 0 Å². The lowest BCUT2D eigenvalue weighted by Gasteiger charge is -2.32. The maximum atomic E-state index is 11.7. The molecule has 1 aromatic heterocycles. The van der Waals surface area contributed by atoms with Crippen LogP contribution in [0.1, 0.15) is 19.8 Å². The van der Waals surface area contributed by atoms with Gasteiger partial charge in [0.2, 0.25) is 5.82 Å². The van der Waals surface area contributed by atoms with Crippen LogP contribution in [-0.2, 0) is 0 Å². The summed E-state index contributed by atoms with van der Waals surface area (Å²) in [4.78, 5) is 17.8. The van der Waals surface area contributed by atoms with Crippen LogP contribution in [0, 0.1) is 16.0 Å². The molecule has 4 rings (SSSR count). The lowest BCUT2D eigenvalue weighted by Crippen LogP contribution is -2.34. The molecule has 0 amide bonds. The first kappa shape index (κ1) is 17.2. The third-order valence-corrected chi connectivity index (χ3v) is 4.87. The monoisotopic (exact) mass is 364 g/mol. The van der Waals surface area contributed by atoms with Gasteiger partial charge in [0, 0.05) is 30.3 Å². The van der Waals surface area contributed by atoms with Crippen LogP contribution in [0.15, 0.2) is 53.1 Å². The van der Waals surface area contributed by atoms with Crippen LogP contribution < -0.4 is 4.90 Å². The molecule has 2 heterocycles. The standard InChI is InChI=1S/C20H20N4O3/c1-14-6-5-11-23(13-14)17-10-9-16(12-18(17)24(25)26)20-21-19(22-27-20)15-7-3-2-4-8-15/h2-4,7-10,12,14H,5-6,11,13H2,1H3/t14-/m1/s1. The van der Waals surface area contributed by atoms with Crippen molar-refractivity contribution in [3.63, 3.8) is 0 Å². The second-order valence-electron chi connectivity index (χ2n) is 6.94. The number of nitro groups is 1. The van der Waals surface area contributed by atoms with Crippen LogP contribution in [0.25, 0.3) is 22.8 Å².